The van der Waals surface area contributed by atoms with Crippen LogP contribution in [0, 0.1) is 6.92 Å². The lowest BCUT2D eigenvalue weighted by atomic mass is 10.1. The standard InChI is InChI=1S/C24H22BN7/c1-17-6-5-9-20(28-17)24-23(19-10-11-22-26-16-27-32(22)14-19)29-21(30-24)15-31(25)13-12-18-7-3-2-4-8-18/h2-11,14,16H,12-13,15H2,1H3,(H,29,30). The van der Waals surface area contributed by atoms with Crippen molar-refractivity contribution >= 4 is 13.6 Å². The third kappa shape index (κ3) is 4.31. The third-order valence-electron chi connectivity index (χ3n) is 5.33. The van der Waals surface area contributed by atoms with E-state index < -0.39 is 0 Å². The second-order valence-corrected chi connectivity index (χ2v) is 7.76. The fourth-order valence-electron chi connectivity index (χ4n) is 3.72. The zero-order valence-corrected chi connectivity index (χ0v) is 17.8. The number of imidazole rings is 1. The monoisotopic (exact) mass is 419 g/mol. The minimum absolute atomic E-state index is 0.497. The number of nitrogens with zero attached hydrogens (tertiary/aromatic N) is 6. The van der Waals surface area contributed by atoms with Crippen LogP contribution >= 0.6 is 0 Å². The lowest BCUT2D eigenvalue weighted by molar-refractivity contribution is 0.441. The molecule has 4 aromatic heterocycles. The molecule has 0 saturated heterocycles. The van der Waals surface area contributed by atoms with Gasteiger partial charge in [-0.15, -0.1) is 0 Å². The van der Waals surface area contributed by atoms with Gasteiger partial charge in [0.2, 0.25) is 0 Å². The Morgan fingerprint density at radius 1 is 1.00 bits per heavy atom. The van der Waals surface area contributed by atoms with Crippen LogP contribution in [0.15, 0.2) is 73.2 Å². The van der Waals surface area contributed by atoms with Crippen molar-refractivity contribution < 1.29 is 0 Å². The summed E-state index contributed by atoms with van der Waals surface area (Å²) < 4.78 is 1.74. The summed E-state index contributed by atoms with van der Waals surface area (Å²) in [5.41, 5.74) is 6.43. The summed E-state index contributed by atoms with van der Waals surface area (Å²) in [5.74, 6) is 0.785. The number of aromatic amines is 1. The quantitative estimate of drug-likeness (QED) is 0.408. The highest BCUT2D eigenvalue weighted by atomic mass is 15.3. The van der Waals surface area contributed by atoms with Crippen LogP contribution in [-0.2, 0) is 13.0 Å². The summed E-state index contributed by atoms with van der Waals surface area (Å²) in [6.45, 7) is 3.20. The molecule has 0 spiro atoms. The number of H-pyrrole nitrogens is 1. The number of aryl methyl sites for hydroxylation is 1. The number of hydrogen-bond donors (Lipinski definition) is 1. The molecule has 0 atom stereocenters. The van der Waals surface area contributed by atoms with Crippen molar-refractivity contribution in [3.05, 3.63) is 90.3 Å². The lowest BCUT2D eigenvalue weighted by Crippen LogP contribution is -2.23. The van der Waals surface area contributed by atoms with Gasteiger partial charge >= 0.3 is 0 Å². The summed E-state index contributed by atoms with van der Waals surface area (Å²) >= 11 is 0. The van der Waals surface area contributed by atoms with E-state index in [1.807, 2.05) is 61.7 Å². The Morgan fingerprint density at radius 3 is 2.72 bits per heavy atom. The smallest absolute Gasteiger partial charge is 0.183 e. The van der Waals surface area contributed by atoms with E-state index in [0.29, 0.717) is 6.54 Å². The van der Waals surface area contributed by atoms with Crippen LogP contribution in [0.3, 0.4) is 0 Å². The van der Waals surface area contributed by atoms with Crippen molar-refractivity contribution in [3.8, 4) is 22.6 Å². The normalized spacial score (nSPS) is 11.4. The van der Waals surface area contributed by atoms with Gasteiger partial charge in [-0.3, -0.25) is 4.98 Å². The van der Waals surface area contributed by atoms with Crippen molar-refractivity contribution in [2.45, 2.75) is 19.9 Å². The maximum atomic E-state index is 6.31. The fraction of sp³-hybridized carbons (Fsp3) is 0.167. The van der Waals surface area contributed by atoms with Crippen LogP contribution in [-0.4, -0.2) is 48.9 Å². The molecule has 0 fully saturated rings. The molecule has 0 unspecified atom stereocenters. The summed E-state index contributed by atoms with van der Waals surface area (Å²) in [6, 6.07) is 20.2. The van der Waals surface area contributed by atoms with Gasteiger partial charge < -0.3 is 9.79 Å². The molecule has 0 saturated carbocycles. The third-order valence-corrected chi connectivity index (χ3v) is 5.33. The summed E-state index contributed by atoms with van der Waals surface area (Å²) in [6.07, 6.45) is 4.34. The minimum Gasteiger partial charge on any atom is -0.347 e. The molecule has 5 rings (SSSR count). The van der Waals surface area contributed by atoms with Crippen molar-refractivity contribution in [2.75, 3.05) is 6.54 Å². The first-order valence-electron chi connectivity index (χ1n) is 10.5. The van der Waals surface area contributed by atoms with Gasteiger partial charge in [0.1, 0.15) is 12.2 Å². The Bertz CT molecular complexity index is 1340. The number of fused-ring (bicyclic) bond motifs is 1. The highest BCUT2D eigenvalue weighted by Crippen LogP contribution is 2.29. The van der Waals surface area contributed by atoms with Gasteiger partial charge in [-0.05, 0) is 49.7 Å². The highest BCUT2D eigenvalue weighted by molar-refractivity contribution is 6.04. The van der Waals surface area contributed by atoms with Crippen LogP contribution in [0.1, 0.15) is 17.1 Å². The van der Waals surface area contributed by atoms with Crippen molar-refractivity contribution in [2.24, 2.45) is 0 Å². The molecule has 156 valence electrons. The van der Waals surface area contributed by atoms with E-state index in [0.717, 1.165) is 52.8 Å². The van der Waals surface area contributed by atoms with Crippen molar-refractivity contribution in [1.82, 2.24) is 34.4 Å². The second-order valence-electron chi connectivity index (χ2n) is 7.76. The second kappa shape index (κ2) is 8.76. The maximum absolute atomic E-state index is 6.31. The molecule has 0 aliphatic rings. The topological polar surface area (TPSA) is 75.0 Å². The molecule has 0 aliphatic carbocycles. The Hall–Kier alpha value is -3.78. The molecule has 0 aliphatic heterocycles. The van der Waals surface area contributed by atoms with Gasteiger partial charge in [0, 0.05) is 24.0 Å². The van der Waals surface area contributed by atoms with Crippen LogP contribution in [0.4, 0.5) is 0 Å². The number of rotatable bonds is 7. The Labute approximate surface area is 187 Å². The predicted octanol–water partition coefficient (Wildman–Crippen LogP) is 3.62. The van der Waals surface area contributed by atoms with E-state index in [1.165, 1.54) is 11.9 Å². The summed E-state index contributed by atoms with van der Waals surface area (Å²) in [5, 5.41) is 4.25. The van der Waals surface area contributed by atoms with E-state index in [1.54, 1.807) is 9.33 Å². The largest absolute Gasteiger partial charge is 0.347 e. The van der Waals surface area contributed by atoms with Crippen LogP contribution in [0.2, 0.25) is 0 Å². The lowest BCUT2D eigenvalue weighted by Gasteiger charge is -2.15. The Balaban J connectivity index is 1.45. The van der Waals surface area contributed by atoms with Crippen LogP contribution in [0.25, 0.3) is 28.3 Å². The number of pyridine rings is 2. The summed E-state index contributed by atoms with van der Waals surface area (Å²) in [7, 11) is 6.31. The number of nitrogens with one attached hydrogen (secondary N) is 1. The van der Waals surface area contributed by atoms with Gasteiger partial charge in [0.05, 0.1) is 17.1 Å². The van der Waals surface area contributed by atoms with Crippen molar-refractivity contribution in [1.29, 1.82) is 0 Å². The summed E-state index contributed by atoms with van der Waals surface area (Å²) in [4.78, 5) is 19.1. The molecule has 7 nitrogen and oxygen atoms in total. The van der Waals surface area contributed by atoms with E-state index in [2.05, 4.69) is 27.2 Å². The number of hydrogen-bond acceptors (Lipinski definition) is 5. The number of benzene rings is 1. The van der Waals surface area contributed by atoms with Gasteiger partial charge in [0.15, 0.2) is 13.6 Å². The molecule has 1 N–H and O–H groups in total. The van der Waals surface area contributed by atoms with Gasteiger partial charge in [-0.25, -0.2) is 14.5 Å². The van der Waals surface area contributed by atoms with E-state index in [4.69, 9.17) is 17.9 Å². The SMILES string of the molecule is [B]N(CCc1ccccc1)Cc1nc(-c2ccc3ncnn3c2)c(-c2cccc(C)n2)[nH]1. The fourth-order valence-corrected chi connectivity index (χ4v) is 3.72. The van der Waals surface area contributed by atoms with E-state index in [-0.39, 0.29) is 0 Å². The maximum Gasteiger partial charge on any atom is 0.183 e. The zero-order chi connectivity index (χ0) is 21.9. The molecule has 32 heavy (non-hydrogen) atoms. The molecule has 0 bridgehead atoms. The first-order valence-corrected chi connectivity index (χ1v) is 10.5. The molecule has 5 aromatic rings. The van der Waals surface area contributed by atoms with E-state index >= 15 is 0 Å². The Kier molecular flexibility index (Phi) is 5.52. The predicted molar refractivity (Wildman–Crippen MR) is 125 cm³/mol. The highest BCUT2D eigenvalue weighted by Gasteiger charge is 2.17. The first-order chi connectivity index (χ1) is 15.7. The van der Waals surface area contributed by atoms with Gasteiger partial charge in [0.25, 0.3) is 0 Å². The average Bonchev–Trinajstić information content (AvgIpc) is 3.45. The van der Waals surface area contributed by atoms with E-state index in [9.17, 15) is 0 Å². The molecule has 0 amide bonds. The molecule has 1 aromatic carbocycles. The van der Waals surface area contributed by atoms with Gasteiger partial charge in [-0.1, -0.05) is 36.4 Å². The molecular formula is C24H22BN7. The van der Waals surface area contributed by atoms with Gasteiger partial charge in [-0.2, -0.15) is 5.10 Å². The molecule has 8 heteroatoms. The van der Waals surface area contributed by atoms with Crippen molar-refractivity contribution in [3.63, 3.8) is 0 Å². The minimum atomic E-state index is 0.497. The first kappa shape index (κ1) is 20.1. The number of aromatic nitrogens is 6. The van der Waals surface area contributed by atoms with Crippen LogP contribution < -0.4 is 0 Å². The Morgan fingerprint density at radius 2 is 1.88 bits per heavy atom. The van der Waals surface area contributed by atoms with Crippen LogP contribution in [0.5, 0.6) is 0 Å². The zero-order valence-electron chi connectivity index (χ0n) is 17.8. The molecular weight excluding hydrogens is 397 g/mol. The molecule has 2 radical (unpaired) electrons. The molecule has 4 heterocycles. The average molecular weight is 419 g/mol.